The maximum absolute atomic E-state index is 12.7. The van der Waals surface area contributed by atoms with Crippen LogP contribution in [-0.4, -0.2) is 43.1 Å². The van der Waals surface area contributed by atoms with Gasteiger partial charge in [-0.1, -0.05) is 24.3 Å². The highest BCUT2D eigenvalue weighted by Gasteiger charge is 2.26. The Kier molecular flexibility index (Phi) is 5.50. The zero-order chi connectivity index (χ0) is 18.7. The van der Waals surface area contributed by atoms with Gasteiger partial charge >= 0.3 is 0 Å². The summed E-state index contributed by atoms with van der Waals surface area (Å²) in [5.41, 5.74) is 5.04. The molecule has 26 heavy (non-hydrogen) atoms. The lowest BCUT2D eigenvalue weighted by molar-refractivity contribution is -0.138. The Morgan fingerprint density at radius 1 is 1.00 bits per heavy atom. The second-order valence-electron chi connectivity index (χ2n) is 7.11. The number of piperazine rings is 1. The third-order valence-corrected chi connectivity index (χ3v) is 5.16. The van der Waals surface area contributed by atoms with Gasteiger partial charge in [-0.05, 0) is 62.6 Å². The van der Waals surface area contributed by atoms with Crippen molar-refractivity contribution < 1.29 is 9.53 Å². The number of rotatable bonds is 4. The molecule has 1 amide bonds. The fourth-order valence-corrected chi connectivity index (χ4v) is 3.45. The predicted molar refractivity (Wildman–Crippen MR) is 106 cm³/mol. The summed E-state index contributed by atoms with van der Waals surface area (Å²) in [6.07, 6.45) is -0.468. The highest BCUT2D eigenvalue weighted by molar-refractivity contribution is 5.81. The Bertz CT molecular complexity index is 779. The van der Waals surface area contributed by atoms with E-state index in [4.69, 9.17) is 4.74 Å². The number of amides is 1. The Hall–Kier alpha value is -2.49. The minimum Gasteiger partial charge on any atom is -0.481 e. The van der Waals surface area contributed by atoms with Crippen molar-refractivity contribution in [2.45, 2.75) is 33.8 Å². The lowest BCUT2D eigenvalue weighted by atomic mass is 10.1. The molecule has 0 aliphatic carbocycles. The standard InChI is InChI=1S/C22H28N2O2/c1-16-7-5-9-20(15-16)26-19(4)22(25)24-13-11-23(12-14-24)21-10-6-8-17(2)18(21)3/h5-10,15,19H,11-14H2,1-4H3. The molecule has 138 valence electrons. The maximum atomic E-state index is 12.7. The first-order chi connectivity index (χ1) is 12.5. The van der Waals surface area contributed by atoms with Gasteiger partial charge < -0.3 is 14.5 Å². The number of anilines is 1. The van der Waals surface area contributed by atoms with Crippen LogP contribution in [0.3, 0.4) is 0 Å². The summed E-state index contributed by atoms with van der Waals surface area (Å²) in [5.74, 6) is 0.812. The van der Waals surface area contributed by atoms with E-state index in [-0.39, 0.29) is 5.91 Å². The summed E-state index contributed by atoms with van der Waals surface area (Å²) in [7, 11) is 0. The summed E-state index contributed by atoms with van der Waals surface area (Å²) in [4.78, 5) is 17.0. The number of hydrogen-bond acceptors (Lipinski definition) is 3. The van der Waals surface area contributed by atoms with Gasteiger partial charge in [-0.25, -0.2) is 0 Å². The van der Waals surface area contributed by atoms with Crippen LogP contribution >= 0.6 is 0 Å². The van der Waals surface area contributed by atoms with E-state index in [0.717, 1.165) is 37.5 Å². The van der Waals surface area contributed by atoms with Crippen LogP contribution in [-0.2, 0) is 4.79 Å². The van der Waals surface area contributed by atoms with E-state index in [9.17, 15) is 4.79 Å². The van der Waals surface area contributed by atoms with Crippen molar-refractivity contribution in [1.29, 1.82) is 0 Å². The van der Waals surface area contributed by atoms with Crippen LogP contribution in [0.4, 0.5) is 5.69 Å². The zero-order valence-corrected chi connectivity index (χ0v) is 16.2. The number of hydrogen-bond donors (Lipinski definition) is 0. The summed E-state index contributed by atoms with van der Waals surface area (Å²) < 4.78 is 5.85. The quantitative estimate of drug-likeness (QED) is 0.841. The minimum absolute atomic E-state index is 0.0621. The van der Waals surface area contributed by atoms with Crippen LogP contribution in [0.1, 0.15) is 23.6 Å². The average molecular weight is 352 g/mol. The molecule has 0 radical (unpaired) electrons. The molecule has 3 rings (SSSR count). The predicted octanol–water partition coefficient (Wildman–Crippen LogP) is 3.73. The first-order valence-electron chi connectivity index (χ1n) is 9.29. The van der Waals surface area contributed by atoms with Crippen molar-refractivity contribution in [2.75, 3.05) is 31.1 Å². The Balaban J connectivity index is 1.58. The molecule has 0 saturated carbocycles. The molecule has 0 aromatic heterocycles. The molecule has 2 aromatic carbocycles. The van der Waals surface area contributed by atoms with Gasteiger partial charge in [0.25, 0.3) is 5.91 Å². The lowest BCUT2D eigenvalue weighted by Gasteiger charge is -2.38. The van der Waals surface area contributed by atoms with Crippen LogP contribution in [0, 0.1) is 20.8 Å². The van der Waals surface area contributed by atoms with Crippen molar-refractivity contribution in [3.05, 3.63) is 59.2 Å². The molecule has 1 fully saturated rings. The number of benzene rings is 2. The zero-order valence-electron chi connectivity index (χ0n) is 16.2. The van der Waals surface area contributed by atoms with Gasteiger partial charge in [-0.3, -0.25) is 4.79 Å². The van der Waals surface area contributed by atoms with E-state index in [0.29, 0.717) is 0 Å². The third-order valence-electron chi connectivity index (χ3n) is 5.16. The first-order valence-corrected chi connectivity index (χ1v) is 9.29. The van der Waals surface area contributed by atoms with Crippen LogP contribution < -0.4 is 9.64 Å². The SMILES string of the molecule is Cc1cccc(OC(C)C(=O)N2CCN(c3cccc(C)c3C)CC2)c1. The summed E-state index contributed by atoms with van der Waals surface area (Å²) in [6.45, 7) is 11.3. The van der Waals surface area contributed by atoms with E-state index in [1.54, 1.807) is 0 Å². The van der Waals surface area contributed by atoms with E-state index < -0.39 is 6.10 Å². The van der Waals surface area contributed by atoms with Gasteiger partial charge in [0.05, 0.1) is 0 Å². The fourth-order valence-electron chi connectivity index (χ4n) is 3.45. The van der Waals surface area contributed by atoms with E-state index in [1.165, 1.54) is 16.8 Å². The van der Waals surface area contributed by atoms with Gasteiger partial charge in [-0.2, -0.15) is 0 Å². The van der Waals surface area contributed by atoms with Crippen molar-refractivity contribution in [3.63, 3.8) is 0 Å². The molecular formula is C22H28N2O2. The molecule has 1 aliphatic heterocycles. The van der Waals surface area contributed by atoms with Gasteiger partial charge in [0.2, 0.25) is 0 Å². The van der Waals surface area contributed by atoms with Crippen LogP contribution in [0.25, 0.3) is 0 Å². The molecule has 1 saturated heterocycles. The molecule has 1 aliphatic rings. The molecular weight excluding hydrogens is 324 g/mol. The van der Waals surface area contributed by atoms with Crippen molar-refractivity contribution in [1.82, 2.24) is 4.90 Å². The van der Waals surface area contributed by atoms with Crippen molar-refractivity contribution in [2.24, 2.45) is 0 Å². The normalized spacial score (nSPS) is 15.7. The summed E-state index contributed by atoms with van der Waals surface area (Å²) in [5, 5.41) is 0. The smallest absolute Gasteiger partial charge is 0.263 e. The maximum Gasteiger partial charge on any atom is 0.263 e. The molecule has 4 nitrogen and oxygen atoms in total. The fraction of sp³-hybridized carbons (Fsp3) is 0.409. The first kappa shape index (κ1) is 18.3. The van der Waals surface area contributed by atoms with Gasteiger partial charge in [0, 0.05) is 31.9 Å². The second-order valence-corrected chi connectivity index (χ2v) is 7.11. The second kappa shape index (κ2) is 7.81. The molecule has 2 aromatic rings. The summed E-state index contributed by atoms with van der Waals surface area (Å²) >= 11 is 0. The topological polar surface area (TPSA) is 32.8 Å². The Morgan fingerprint density at radius 2 is 1.69 bits per heavy atom. The number of nitrogens with zero attached hydrogens (tertiary/aromatic N) is 2. The molecule has 4 heteroatoms. The highest BCUT2D eigenvalue weighted by Crippen LogP contribution is 2.24. The Morgan fingerprint density at radius 3 is 2.38 bits per heavy atom. The number of carbonyl (C=O) groups is 1. The molecule has 0 spiro atoms. The van der Waals surface area contributed by atoms with E-state index in [1.807, 2.05) is 43.0 Å². The lowest BCUT2D eigenvalue weighted by Crippen LogP contribution is -2.52. The third kappa shape index (κ3) is 4.01. The molecule has 0 bridgehead atoms. The number of carbonyl (C=O) groups excluding carboxylic acids is 1. The number of ether oxygens (including phenoxy) is 1. The minimum atomic E-state index is -0.468. The monoisotopic (exact) mass is 352 g/mol. The average Bonchev–Trinajstić information content (AvgIpc) is 2.63. The van der Waals surface area contributed by atoms with Crippen LogP contribution in [0.15, 0.2) is 42.5 Å². The largest absolute Gasteiger partial charge is 0.481 e. The molecule has 0 N–H and O–H groups in total. The molecule has 1 unspecified atom stereocenters. The van der Waals surface area contributed by atoms with Crippen LogP contribution in [0.2, 0.25) is 0 Å². The highest BCUT2D eigenvalue weighted by atomic mass is 16.5. The van der Waals surface area contributed by atoms with Crippen molar-refractivity contribution in [3.8, 4) is 5.75 Å². The van der Waals surface area contributed by atoms with E-state index >= 15 is 0 Å². The van der Waals surface area contributed by atoms with Gasteiger partial charge in [-0.15, -0.1) is 0 Å². The molecule has 1 heterocycles. The Labute approximate surface area is 156 Å². The number of aryl methyl sites for hydroxylation is 2. The van der Waals surface area contributed by atoms with Crippen molar-refractivity contribution >= 4 is 11.6 Å². The molecule has 1 atom stereocenters. The van der Waals surface area contributed by atoms with Gasteiger partial charge in [0.15, 0.2) is 6.10 Å². The van der Waals surface area contributed by atoms with Gasteiger partial charge in [0.1, 0.15) is 5.75 Å². The van der Waals surface area contributed by atoms with Crippen LogP contribution in [0.5, 0.6) is 5.75 Å². The summed E-state index contributed by atoms with van der Waals surface area (Å²) in [6, 6.07) is 14.2. The van der Waals surface area contributed by atoms with E-state index in [2.05, 4.69) is 36.9 Å².